The standard InChI is InChI=1S/C14H13FN2OS2/c1-8(19)17(2)14(18)13(20)5-9-7-16-12-4-3-10(15)6-11(9)12/h3-7,16,20H,1-2H3/b13-5-. The van der Waals surface area contributed by atoms with Gasteiger partial charge in [0, 0.05) is 29.7 Å². The summed E-state index contributed by atoms with van der Waals surface area (Å²) in [6.45, 7) is 1.66. The van der Waals surface area contributed by atoms with Crippen molar-refractivity contribution in [2.45, 2.75) is 6.92 Å². The van der Waals surface area contributed by atoms with Crippen LogP contribution in [0.3, 0.4) is 0 Å². The van der Waals surface area contributed by atoms with Crippen molar-refractivity contribution in [1.82, 2.24) is 9.88 Å². The summed E-state index contributed by atoms with van der Waals surface area (Å²) in [4.78, 5) is 17.1. The molecule has 0 fully saturated rings. The zero-order chi connectivity index (χ0) is 14.9. The number of hydrogen-bond acceptors (Lipinski definition) is 3. The summed E-state index contributed by atoms with van der Waals surface area (Å²) in [6.07, 6.45) is 3.30. The fourth-order valence-corrected chi connectivity index (χ4v) is 2.13. The van der Waals surface area contributed by atoms with E-state index in [0.29, 0.717) is 15.9 Å². The number of thiol groups is 1. The topological polar surface area (TPSA) is 36.1 Å². The average Bonchev–Trinajstić information content (AvgIpc) is 2.79. The van der Waals surface area contributed by atoms with E-state index in [1.165, 1.54) is 17.0 Å². The maximum Gasteiger partial charge on any atom is 0.264 e. The van der Waals surface area contributed by atoms with Crippen LogP contribution in [0.4, 0.5) is 4.39 Å². The summed E-state index contributed by atoms with van der Waals surface area (Å²) in [5, 5.41) is 0.700. The number of benzene rings is 1. The molecular formula is C14H13FN2OS2. The molecule has 1 amide bonds. The van der Waals surface area contributed by atoms with E-state index < -0.39 is 0 Å². The first-order valence-corrected chi connectivity index (χ1v) is 6.71. The van der Waals surface area contributed by atoms with Gasteiger partial charge in [0.05, 0.1) is 9.89 Å². The first-order valence-electron chi connectivity index (χ1n) is 5.86. The van der Waals surface area contributed by atoms with Crippen LogP contribution in [0.25, 0.3) is 17.0 Å². The Morgan fingerprint density at radius 3 is 2.85 bits per heavy atom. The van der Waals surface area contributed by atoms with E-state index in [2.05, 4.69) is 17.6 Å². The summed E-state index contributed by atoms with van der Waals surface area (Å²) in [6, 6.07) is 4.44. The van der Waals surface area contributed by atoms with Crippen molar-refractivity contribution in [3.63, 3.8) is 0 Å². The van der Waals surface area contributed by atoms with Crippen LogP contribution in [0.15, 0.2) is 29.3 Å². The number of fused-ring (bicyclic) bond motifs is 1. The van der Waals surface area contributed by atoms with Gasteiger partial charge in [-0.2, -0.15) is 0 Å². The highest BCUT2D eigenvalue weighted by Crippen LogP contribution is 2.23. The second-order valence-corrected chi connectivity index (χ2v) is 5.42. The quantitative estimate of drug-likeness (QED) is 0.507. The SMILES string of the molecule is CC(=S)N(C)C(=O)/C(S)=C/c1c[nH]c2ccc(F)cc12. The van der Waals surface area contributed by atoms with Gasteiger partial charge in [-0.05, 0) is 31.2 Å². The lowest BCUT2D eigenvalue weighted by Gasteiger charge is -2.14. The largest absolute Gasteiger partial charge is 0.361 e. The molecule has 1 aromatic carbocycles. The van der Waals surface area contributed by atoms with Crippen LogP contribution in [-0.4, -0.2) is 27.8 Å². The minimum Gasteiger partial charge on any atom is -0.361 e. The molecule has 0 aliphatic carbocycles. The van der Waals surface area contributed by atoms with E-state index >= 15 is 0 Å². The predicted molar refractivity (Wildman–Crippen MR) is 86.3 cm³/mol. The van der Waals surface area contributed by atoms with E-state index in [0.717, 1.165) is 5.52 Å². The van der Waals surface area contributed by atoms with Crippen LogP contribution in [0.2, 0.25) is 0 Å². The van der Waals surface area contributed by atoms with Crippen molar-refractivity contribution in [2.24, 2.45) is 0 Å². The molecule has 2 aromatic rings. The molecule has 0 unspecified atom stereocenters. The van der Waals surface area contributed by atoms with E-state index in [1.807, 2.05) is 0 Å². The number of nitrogens with one attached hydrogen (secondary N) is 1. The van der Waals surface area contributed by atoms with Crippen molar-refractivity contribution in [3.05, 3.63) is 40.7 Å². The van der Waals surface area contributed by atoms with Gasteiger partial charge in [-0.25, -0.2) is 4.39 Å². The minimum absolute atomic E-state index is 0.238. The monoisotopic (exact) mass is 308 g/mol. The number of H-pyrrole nitrogens is 1. The number of rotatable bonds is 2. The van der Waals surface area contributed by atoms with Gasteiger partial charge in [0.15, 0.2) is 0 Å². The Balaban J connectivity index is 2.40. The third-order valence-corrected chi connectivity index (χ3v) is 3.56. The molecule has 0 spiro atoms. The molecule has 2 rings (SSSR count). The van der Waals surface area contributed by atoms with Gasteiger partial charge in [0.2, 0.25) is 0 Å². The molecule has 0 aliphatic rings. The summed E-state index contributed by atoms with van der Waals surface area (Å²) in [7, 11) is 1.59. The summed E-state index contributed by atoms with van der Waals surface area (Å²) >= 11 is 9.14. The molecule has 0 bridgehead atoms. The third-order valence-electron chi connectivity index (χ3n) is 2.96. The number of thiocarbonyl (C=S) groups is 1. The fourth-order valence-electron chi connectivity index (χ4n) is 1.76. The number of likely N-dealkylation sites (N-methyl/N-ethyl adjacent to an activating group) is 1. The van der Waals surface area contributed by atoms with Gasteiger partial charge < -0.3 is 9.88 Å². The number of nitrogens with zero attached hydrogens (tertiary/aromatic N) is 1. The van der Waals surface area contributed by atoms with E-state index in [-0.39, 0.29) is 16.6 Å². The Morgan fingerprint density at radius 1 is 1.50 bits per heavy atom. The maximum atomic E-state index is 13.3. The van der Waals surface area contributed by atoms with Crippen LogP contribution < -0.4 is 0 Å². The number of aromatic nitrogens is 1. The van der Waals surface area contributed by atoms with Crippen molar-refractivity contribution >= 4 is 52.7 Å². The Hall–Kier alpha value is -1.66. The molecule has 1 heterocycles. The summed E-state index contributed by atoms with van der Waals surface area (Å²) in [5.74, 6) is -0.628. The normalized spacial score (nSPS) is 11.7. The van der Waals surface area contributed by atoms with Crippen LogP contribution in [0.1, 0.15) is 12.5 Å². The molecule has 0 saturated heterocycles. The van der Waals surface area contributed by atoms with Crippen LogP contribution in [-0.2, 0) is 4.79 Å². The Kier molecular flexibility index (Phi) is 4.25. The lowest BCUT2D eigenvalue weighted by Crippen LogP contribution is -2.29. The Morgan fingerprint density at radius 2 is 2.20 bits per heavy atom. The van der Waals surface area contributed by atoms with Gasteiger partial charge in [0.25, 0.3) is 5.91 Å². The molecule has 3 nitrogen and oxygen atoms in total. The minimum atomic E-state index is -0.328. The number of halogens is 1. The molecule has 0 atom stereocenters. The number of carbonyl (C=O) groups is 1. The van der Waals surface area contributed by atoms with Gasteiger partial charge in [-0.15, -0.1) is 12.6 Å². The smallest absolute Gasteiger partial charge is 0.264 e. The second-order valence-electron chi connectivity index (χ2n) is 4.35. The van der Waals surface area contributed by atoms with Gasteiger partial charge in [0.1, 0.15) is 5.82 Å². The number of amides is 1. The second kappa shape index (κ2) is 5.76. The predicted octanol–water partition coefficient (Wildman–Crippen LogP) is 3.38. The Labute approximate surface area is 126 Å². The number of carbonyl (C=O) groups excluding carboxylic acids is 1. The highest BCUT2D eigenvalue weighted by atomic mass is 32.1. The maximum absolute atomic E-state index is 13.3. The molecule has 6 heteroatoms. The number of aromatic amines is 1. The highest BCUT2D eigenvalue weighted by molar-refractivity contribution is 7.86. The summed E-state index contributed by atoms with van der Waals surface area (Å²) < 4.78 is 13.3. The first-order chi connectivity index (χ1) is 9.40. The molecule has 0 radical (unpaired) electrons. The first kappa shape index (κ1) is 14.7. The molecule has 0 aliphatic heterocycles. The van der Waals surface area contributed by atoms with Crippen molar-refractivity contribution in [3.8, 4) is 0 Å². The van der Waals surface area contributed by atoms with Crippen LogP contribution >= 0.6 is 24.8 Å². The highest BCUT2D eigenvalue weighted by Gasteiger charge is 2.14. The molecule has 0 saturated carbocycles. The Bertz CT molecular complexity index is 721. The zero-order valence-corrected chi connectivity index (χ0v) is 12.7. The molecule has 104 valence electrons. The average molecular weight is 308 g/mol. The lowest BCUT2D eigenvalue weighted by molar-refractivity contribution is -0.121. The van der Waals surface area contributed by atoms with Crippen molar-refractivity contribution in [2.75, 3.05) is 7.05 Å². The zero-order valence-electron chi connectivity index (χ0n) is 11.0. The lowest BCUT2D eigenvalue weighted by atomic mass is 10.1. The molecule has 20 heavy (non-hydrogen) atoms. The fraction of sp³-hybridized carbons (Fsp3) is 0.143. The van der Waals surface area contributed by atoms with E-state index in [4.69, 9.17) is 12.2 Å². The van der Waals surface area contributed by atoms with Crippen molar-refractivity contribution in [1.29, 1.82) is 0 Å². The van der Waals surface area contributed by atoms with Gasteiger partial charge >= 0.3 is 0 Å². The molecular weight excluding hydrogens is 295 g/mol. The van der Waals surface area contributed by atoms with Crippen LogP contribution in [0, 0.1) is 5.82 Å². The molecule has 1 N–H and O–H groups in total. The summed E-state index contributed by atoms with van der Waals surface area (Å²) in [5.41, 5.74) is 1.50. The van der Waals surface area contributed by atoms with Crippen molar-refractivity contribution < 1.29 is 9.18 Å². The van der Waals surface area contributed by atoms with E-state index in [9.17, 15) is 9.18 Å². The van der Waals surface area contributed by atoms with Gasteiger partial charge in [-0.3, -0.25) is 4.79 Å². The molecule has 1 aromatic heterocycles. The van der Waals surface area contributed by atoms with Gasteiger partial charge in [-0.1, -0.05) is 12.2 Å². The number of hydrogen-bond donors (Lipinski definition) is 2. The third kappa shape index (κ3) is 2.91. The van der Waals surface area contributed by atoms with E-state index in [1.54, 1.807) is 32.3 Å². The van der Waals surface area contributed by atoms with Crippen LogP contribution in [0.5, 0.6) is 0 Å².